The molecular formula is C20H23N3O4. The molecule has 1 heterocycles. The summed E-state index contributed by atoms with van der Waals surface area (Å²) in [7, 11) is 1.66. The van der Waals surface area contributed by atoms with Crippen LogP contribution in [-0.2, 0) is 11.3 Å². The molecule has 0 aromatic heterocycles. The van der Waals surface area contributed by atoms with E-state index >= 15 is 0 Å². The Labute approximate surface area is 158 Å². The lowest BCUT2D eigenvalue weighted by molar-refractivity contribution is 0.0339. The van der Waals surface area contributed by atoms with Crippen molar-refractivity contribution < 1.29 is 19.4 Å². The Morgan fingerprint density at radius 3 is 2.81 bits per heavy atom. The molecule has 27 heavy (non-hydrogen) atoms. The summed E-state index contributed by atoms with van der Waals surface area (Å²) >= 11 is 0. The summed E-state index contributed by atoms with van der Waals surface area (Å²) in [6.45, 7) is 4.07. The van der Waals surface area contributed by atoms with Crippen molar-refractivity contribution in [2.75, 3.05) is 38.8 Å². The molecule has 1 saturated heterocycles. The molecular weight excluding hydrogens is 346 g/mol. The van der Waals surface area contributed by atoms with Crippen molar-refractivity contribution in [3.8, 4) is 5.75 Å². The van der Waals surface area contributed by atoms with Gasteiger partial charge in [0.05, 0.1) is 37.8 Å². The van der Waals surface area contributed by atoms with Gasteiger partial charge in [-0.15, -0.1) is 0 Å². The number of methoxy groups -OCH3 is 1. The predicted octanol–water partition coefficient (Wildman–Crippen LogP) is 2.67. The third kappa shape index (κ3) is 5.06. The van der Waals surface area contributed by atoms with Gasteiger partial charge < -0.3 is 14.6 Å². The van der Waals surface area contributed by atoms with E-state index in [1.807, 2.05) is 18.2 Å². The highest BCUT2D eigenvalue weighted by atomic mass is 16.5. The van der Waals surface area contributed by atoms with Gasteiger partial charge in [-0.1, -0.05) is 12.1 Å². The number of morpholine rings is 1. The number of para-hydroxylation sites is 1. The number of carboxylic acid groups (broad SMARTS) is 1. The number of nitrogens with one attached hydrogen (secondary N) is 1. The monoisotopic (exact) mass is 369 g/mol. The molecule has 0 saturated carbocycles. The van der Waals surface area contributed by atoms with Gasteiger partial charge in [0.25, 0.3) is 0 Å². The van der Waals surface area contributed by atoms with Crippen LogP contribution < -0.4 is 10.2 Å². The SMILES string of the molecule is COc1ccc(/C=N\Nc2ccccc2C(=O)O)cc1CN1CCOCC1. The van der Waals surface area contributed by atoms with Crippen LogP contribution in [0.4, 0.5) is 5.69 Å². The summed E-state index contributed by atoms with van der Waals surface area (Å²) in [5.74, 6) is -0.159. The number of aromatic carboxylic acids is 1. The Kier molecular flexibility index (Phi) is 6.40. The van der Waals surface area contributed by atoms with Crippen LogP contribution in [0.3, 0.4) is 0 Å². The topological polar surface area (TPSA) is 83.4 Å². The van der Waals surface area contributed by atoms with Crippen molar-refractivity contribution in [2.24, 2.45) is 5.10 Å². The molecule has 0 bridgehead atoms. The number of hydrogen-bond donors (Lipinski definition) is 2. The predicted molar refractivity (Wildman–Crippen MR) is 104 cm³/mol. The second kappa shape index (κ2) is 9.16. The summed E-state index contributed by atoms with van der Waals surface area (Å²) in [4.78, 5) is 13.6. The normalized spacial score (nSPS) is 15.0. The zero-order valence-electron chi connectivity index (χ0n) is 15.2. The molecule has 1 aliphatic rings. The van der Waals surface area contributed by atoms with Gasteiger partial charge in [0.15, 0.2) is 0 Å². The first-order valence-electron chi connectivity index (χ1n) is 8.76. The maximum atomic E-state index is 11.2. The van der Waals surface area contributed by atoms with Crippen LogP contribution in [0.2, 0.25) is 0 Å². The number of carbonyl (C=O) groups is 1. The molecule has 1 fully saturated rings. The van der Waals surface area contributed by atoms with Gasteiger partial charge in [0, 0.05) is 25.2 Å². The number of hydrazone groups is 1. The Bertz CT molecular complexity index is 817. The quantitative estimate of drug-likeness (QED) is 0.577. The maximum absolute atomic E-state index is 11.2. The summed E-state index contributed by atoms with van der Waals surface area (Å²) < 4.78 is 10.9. The average Bonchev–Trinajstić information content (AvgIpc) is 2.69. The molecule has 0 radical (unpaired) electrons. The lowest BCUT2D eigenvalue weighted by Gasteiger charge is -2.27. The standard InChI is InChI=1S/C20H23N3O4/c1-26-19-7-6-15(12-16(19)14-23-8-10-27-11-9-23)13-21-22-18-5-3-2-4-17(18)20(24)25/h2-7,12-13,22H,8-11,14H2,1H3,(H,24,25)/b21-13-. The molecule has 2 N–H and O–H groups in total. The average molecular weight is 369 g/mol. The number of nitrogens with zero attached hydrogens (tertiary/aromatic N) is 2. The van der Waals surface area contributed by atoms with Crippen LogP contribution in [0.1, 0.15) is 21.5 Å². The smallest absolute Gasteiger partial charge is 0.337 e. The van der Waals surface area contributed by atoms with E-state index in [9.17, 15) is 9.90 Å². The van der Waals surface area contributed by atoms with E-state index in [1.165, 1.54) is 6.07 Å². The van der Waals surface area contributed by atoms with Crippen molar-refractivity contribution in [2.45, 2.75) is 6.54 Å². The van der Waals surface area contributed by atoms with Gasteiger partial charge in [-0.3, -0.25) is 10.3 Å². The van der Waals surface area contributed by atoms with Crippen molar-refractivity contribution in [1.29, 1.82) is 0 Å². The highest BCUT2D eigenvalue weighted by molar-refractivity contribution is 5.94. The molecule has 1 aliphatic heterocycles. The fourth-order valence-electron chi connectivity index (χ4n) is 2.95. The van der Waals surface area contributed by atoms with Crippen LogP contribution in [-0.4, -0.2) is 55.6 Å². The van der Waals surface area contributed by atoms with E-state index in [2.05, 4.69) is 15.4 Å². The van der Waals surface area contributed by atoms with Gasteiger partial charge in [0.1, 0.15) is 5.75 Å². The Hall–Kier alpha value is -2.90. The first-order valence-corrected chi connectivity index (χ1v) is 8.76. The summed E-state index contributed by atoms with van der Waals surface area (Å²) in [5.41, 5.74) is 5.41. The van der Waals surface area contributed by atoms with Gasteiger partial charge in [-0.05, 0) is 35.9 Å². The number of ether oxygens (including phenoxy) is 2. The minimum atomic E-state index is -0.995. The third-order valence-corrected chi connectivity index (χ3v) is 4.36. The molecule has 7 heteroatoms. The number of anilines is 1. The van der Waals surface area contributed by atoms with Gasteiger partial charge in [0.2, 0.25) is 0 Å². The van der Waals surface area contributed by atoms with Gasteiger partial charge in [-0.2, -0.15) is 5.10 Å². The van der Waals surface area contributed by atoms with Crippen LogP contribution in [0.15, 0.2) is 47.6 Å². The zero-order chi connectivity index (χ0) is 19.1. The fraction of sp³-hybridized carbons (Fsp3) is 0.300. The van der Waals surface area contributed by atoms with Gasteiger partial charge in [-0.25, -0.2) is 4.79 Å². The molecule has 7 nitrogen and oxygen atoms in total. The highest BCUT2D eigenvalue weighted by Crippen LogP contribution is 2.22. The molecule has 2 aromatic rings. The van der Waals surface area contributed by atoms with E-state index in [0.717, 1.165) is 49.7 Å². The second-order valence-corrected chi connectivity index (χ2v) is 6.18. The van der Waals surface area contributed by atoms with E-state index in [0.29, 0.717) is 5.69 Å². The molecule has 142 valence electrons. The fourth-order valence-corrected chi connectivity index (χ4v) is 2.95. The van der Waals surface area contributed by atoms with Crippen LogP contribution in [0, 0.1) is 0 Å². The number of rotatable bonds is 7. The van der Waals surface area contributed by atoms with Gasteiger partial charge >= 0.3 is 5.97 Å². The van der Waals surface area contributed by atoms with Crippen molar-refractivity contribution in [3.63, 3.8) is 0 Å². The van der Waals surface area contributed by atoms with Crippen molar-refractivity contribution in [3.05, 3.63) is 59.2 Å². The third-order valence-electron chi connectivity index (χ3n) is 4.36. The largest absolute Gasteiger partial charge is 0.496 e. The molecule has 3 rings (SSSR count). The molecule has 0 amide bonds. The summed E-state index contributed by atoms with van der Waals surface area (Å²) in [6.07, 6.45) is 1.67. The summed E-state index contributed by atoms with van der Waals surface area (Å²) in [6, 6.07) is 12.5. The Morgan fingerprint density at radius 1 is 1.30 bits per heavy atom. The van der Waals surface area contributed by atoms with E-state index < -0.39 is 5.97 Å². The second-order valence-electron chi connectivity index (χ2n) is 6.18. The maximum Gasteiger partial charge on any atom is 0.337 e. The van der Waals surface area contributed by atoms with Crippen LogP contribution >= 0.6 is 0 Å². The zero-order valence-corrected chi connectivity index (χ0v) is 15.2. The Morgan fingerprint density at radius 2 is 2.07 bits per heavy atom. The van der Waals surface area contributed by atoms with E-state index in [4.69, 9.17) is 9.47 Å². The first kappa shape index (κ1) is 18.9. The van der Waals surface area contributed by atoms with Crippen molar-refractivity contribution >= 4 is 17.9 Å². The van der Waals surface area contributed by atoms with Crippen LogP contribution in [0.5, 0.6) is 5.75 Å². The minimum absolute atomic E-state index is 0.178. The number of carboxylic acids is 1. The van der Waals surface area contributed by atoms with E-state index in [-0.39, 0.29) is 5.56 Å². The lowest BCUT2D eigenvalue weighted by atomic mass is 10.1. The number of benzene rings is 2. The van der Waals surface area contributed by atoms with Crippen molar-refractivity contribution in [1.82, 2.24) is 4.90 Å². The summed E-state index contributed by atoms with van der Waals surface area (Å²) in [5, 5.41) is 13.4. The number of hydrogen-bond acceptors (Lipinski definition) is 6. The van der Waals surface area contributed by atoms with Crippen LogP contribution in [0.25, 0.3) is 0 Å². The van der Waals surface area contributed by atoms with E-state index in [1.54, 1.807) is 31.5 Å². The lowest BCUT2D eigenvalue weighted by Crippen LogP contribution is -2.35. The minimum Gasteiger partial charge on any atom is -0.496 e. The molecule has 2 aromatic carbocycles. The molecule has 0 aliphatic carbocycles. The highest BCUT2D eigenvalue weighted by Gasteiger charge is 2.13. The molecule has 0 spiro atoms. The molecule has 0 unspecified atom stereocenters. The first-order chi connectivity index (χ1) is 13.2. The molecule has 0 atom stereocenters. The Balaban J connectivity index is 1.72.